The van der Waals surface area contributed by atoms with Crippen molar-refractivity contribution in [3.8, 4) is 5.69 Å². The molecule has 0 aliphatic heterocycles. The van der Waals surface area contributed by atoms with E-state index in [4.69, 9.17) is 11.6 Å². The van der Waals surface area contributed by atoms with Crippen LogP contribution < -0.4 is 0 Å². The summed E-state index contributed by atoms with van der Waals surface area (Å²) in [5.41, 5.74) is 2.15. The van der Waals surface area contributed by atoms with Crippen LogP contribution in [0.5, 0.6) is 0 Å². The topological polar surface area (TPSA) is 30.7 Å². The van der Waals surface area contributed by atoms with Gasteiger partial charge >= 0.3 is 0 Å². The molecule has 0 aliphatic rings. The smallest absolute Gasteiger partial charge is 0.195 e. The number of halogens is 1. The summed E-state index contributed by atoms with van der Waals surface area (Å²) < 4.78 is 1.97. The minimum Gasteiger partial charge on any atom is -0.277 e. The molecule has 0 fully saturated rings. The van der Waals surface area contributed by atoms with Crippen molar-refractivity contribution in [2.45, 2.75) is 10.9 Å². The molecule has 0 bridgehead atoms. The Hall–Kier alpha value is -1.78. The average Bonchev–Trinajstić information content (AvgIpc) is 2.96. The van der Waals surface area contributed by atoms with E-state index in [1.165, 1.54) is 0 Å². The van der Waals surface area contributed by atoms with Crippen LogP contribution in [0.15, 0.2) is 66.1 Å². The van der Waals surface area contributed by atoms with Crippen molar-refractivity contribution in [2.24, 2.45) is 0 Å². The van der Waals surface area contributed by atoms with Crippen molar-refractivity contribution < 1.29 is 0 Å². The van der Waals surface area contributed by atoms with Crippen LogP contribution >= 0.6 is 23.4 Å². The van der Waals surface area contributed by atoms with Crippen molar-refractivity contribution in [1.29, 1.82) is 0 Å². The van der Waals surface area contributed by atoms with Gasteiger partial charge in [0.05, 0.1) is 0 Å². The van der Waals surface area contributed by atoms with Gasteiger partial charge in [0.15, 0.2) is 5.16 Å². The van der Waals surface area contributed by atoms with E-state index in [2.05, 4.69) is 10.2 Å². The van der Waals surface area contributed by atoms with Gasteiger partial charge in [-0.1, -0.05) is 59.8 Å². The fourth-order valence-electron chi connectivity index (χ4n) is 1.85. The molecule has 2 aromatic carbocycles. The lowest BCUT2D eigenvalue weighted by molar-refractivity contribution is 0.884. The molecular formula is C15H12ClN3S. The highest BCUT2D eigenvalue weighted by Crippen LogP contribution is 2.26. The van der Waals surface area contributed by atoms with E-state index >= 15 is 0 Å². The Kier molecular flexibility index (Phi) is 4.04. The third-order valence-corrected chi connectivity index (χ3v) is 4.23. The Morgan fingerprint density at radius 3 is 2.55 bits per heavy atom. The average molecular weight is 302 g/mol. The van der Waals surface area contributed by atoms with Crippen LogP contribution in [0.3, 0.4) is 0 Å². The Balaban J connectivity index is 1.80. The number of hydrogen-bond acceptors (Lipinski definition) is 3. The van der Waals surface area contributed by atoms with Gasteiger partial charge in [-0.05, 0) is 23.8 Å². The molecule has 0 radical (unpaired) electrons. The first-order chi connectivity index (χ1) is 9.84. The number of rotatable bonds is 4. The van der Waals surface area contributed by atoms with Crippen LogP contribution in [0.25, 0.3) is 5.69 Å². The van der Waals surface area contributed by atoms with Crippen molar-refractivity contribution in [3.63, 3.8) is 0 Å². The molecule has 5 heteroatoms. The lowest BCUT2D eigenvalue weighted by Crippen LogP contribution is -1.95. The fraction of sp³-hybridized carbons (Fsp3) is 0.0667. The molecule has 1 aromatic heterocycles. The van der Waals surface area contributed by atoms with Crippen LogP contribution in [0.1, 0.15) is 5.56 Å². The standard InChI is InChI=1S/C15H12ClN3S/c16-14-9-5-4-6-12(14)10-20-15-18-17-11-19(15)13-7-2-1-3-8-13/h1-9,11H,10H2. The first kappa shape index (κ1) is 13.2. The van der Waals surface area contributed by atoms with E-state index in [0.717, 1.165) is 27.2 Å². The second-order valence-corrected chi connectivity index (χ2v) is 5.55. The summed E-state index contributed by atoms with van der Waals surface area (Å²) in [7, 11) is 0. The van der Waals surface area contributed by atoms with Crippen LogP contribution in [0.4, 0.5) is 0 Å². The van der Waals surface area contributed by atoms with Gasteiger partial charge in [0, 0.05) is 16.5 Å². The third-order valence-electron chi connectivity index (χ3n) is 2.87. The Morgan fingerprint density at radius 1 is 1.00 bits per heavy atom. The maximum absolute atomic E-state index is 6.17. The van der Waals surface area contributed by atoms with E-state index < -0.39 is 0 Å². The normalized spacial score (nSPS) is 10.7. The zero-order chi connectivity index (χ0) is 13.8. The highest BCUT2D eigenvalue weighted by molar-refractivity contribution is 7.98. The number of hydrogen-bond donors (Lipinski definition) is 0. The van der Waals surface area contributed by atoms with Gasteiger partial charge in [0.25, 0.3) is 0 Å². The highest BCUT2D eigenvalue weighted by atomic mass is 35.5. The Morgan fingerprint density at radius 2 is 1.75 bits per heavy atom. The summed E-state index contributed by atoms with van der Waals surface area (Å²) in [5.74, 6) is 0.769. The summed E-state index contributed by atoms with van der Waals surface area (Å²) in [5, 5.41) is 9.80. The minimum atomic E-state index is 0.769. The molecule has 0 unspecified atom stereocenters. The molecule has 1 heterocycles. The van der Waals surface area contributed by atoms with Gasteiger partial charge in [0.1, 0.15) is 6.33 Å². The molecule has 100 valence electrons. The lowest BCUT2D eigenvalue weighted by Gasteiger charge is -2.06. The summed E-state index contributed by atoms with van der Waals surface area (Å²) >= 11 is 7.79. The van der Waals surface area contributed by atoms with Crippen LogP contribution in [-0.2, 0) is 5.75 Å². The van der Waals surface area contributed by atoms with E-state index in [1.54, 1.807) is 18.1 Å². The van der Waals surface area contributed by atoms with E-state index in [1.807, 2.05) is 59.2 Å². The first-order valence-electron chi connectivity index (χ1n) is 6.16. The van der Waals surface area contributed by atoms with Gasteiger partial charge in [0.2, 0.25) is 0 Å². The number of aromatic nitrogens is 3. The molecule has 20 heavy (non-hydrogen) atoms. The van der Waals surface area contributed by atoms with Crippen LogP contribution in [-0.4, -0.2) is 14.8 Å². The molecule has 3 aromatic rings. The zero-order valence-corrected chi connectivity index (χ0v) is 12.2. The van der Waals surface area contributed by atoms with E-state index in [0.29, 0.717) is 0 Å². The molecule has 0 N–H and O–H groups in total. The first-order valence-corrected chi connectivity index (χ1v) is 7.52. The fourth-order valence-corrected chi connectivity index (χ4v) is 3.06. The molecule has 0 amide bonds. The second kappa shape index (κ2) is 6.11. The quantitative estimate of drug-likeness (QED) is 0.676. The number of nitrogens with zero attached hydrogens (tertiary/aromatic N) is 3. The maximum Gasteiger partial charge on any atom is 0.195 e. The predicted octanol–water partition coefficient (Wildman–Crippen LogP) is 4.21. The van der Waals surface area contributed by atoms with Crippen molar-refractivity contribution in [3.05, 3.63) is 71.5 Å². The third kappa shape index (κ3) is 2.86. The number of thioether (sulfide) groups is 1. The SMILES string of the molecule is Clc1ccccc1CSc1nncn1-c1ccccc1. The summed E-state index contributed by atoms with van der Waals surface area (Å²) in [4.78, 5) is 0. The van der Waals surface area contributed by atoms with Crippen LogP contribution in [0.2, 0.25) is 5.02 Å². The Labute approximate surface area is 126 Å². The monoisotopic (exact) mass is 301 g/mol. The van der Waals surface area contributed by atoms with E-state index in [9.17, 15) is 0 Å². The van der Waals surface area contributed by atoms with E-state index in [-0.39, 0.29) is 0 Å². The molecular weight excluding hydrogens is 290 g/mol. The summed E-state index contributed by atoms with van der Waals surface area (Å²) in [6.07, 6.45) is 1.73. The van der Waals surface area contributed by atoms with Crippen molar-refractivity contribution in [2.75, 3.05) is 0 Å². The number of benzene rings is 2. The minimum absolute atomic E-state index is 0.769. The lowest BCUT2D eigenvalue weighted by atomic mass is 10.2. The van der Waals surface area contributed by atoms with Gasteiger partial charge in [-0.3, -0.25) is 4.57 Å². The van der Waals surface area contributed by atoms with Gasteiger partial charge in [-0.25, -0.2) is 0 Å². The molecule has 0 atom stereocenters. The maximum atomic E-state index is 6.17. The summed E-state index contributed by atoms with van der Waals surface area (Å²) in [6.45, 7) is 0. The zero-order valence-electron chi connectivity index (χ0n) is 10.6. The van der Waals surface area contributed by atoms with Gasteiger partial charge < -0.3 is 0 Å². The van der Waals surface area contributed by atoms with Crippen LogP contribution in [0, 0.1) is 0 Å². The molecule has 0 saturated heterocycles. The molecule has 0 spiro atoms. The highest BCUT2D eigenvalue weighted by Gasteiger charge is 2.08. The van der Waals surface area contributed by atoms with Gasteiger partial charge in [-0.15, -0.1) is 10.2 Å². The van der Waals surface area contributed by atoms with Crippen molar-refractivity contribution in [1.82, 2.24) is 14.8 Å². The summed E-state index contributed by atoms with van der Waals surface area (Å²) in [6, 6.07) is 17.9. The van der Waals surface area contributed by atoms with Crippen molar-refractivity contribution >= 4 is 23.4 Å². The molecule has 3 nitrogen and oxygen atoms in total. The Bertz CT molecular complexity index is 697. The molecule has 0 saturated carbocycles. The molecule has 0 aliphatic carbocycles. The largest absolute Gasteiger partial charge is 0.277 e. The van der Waals surface area contributed by atoms with Gasteiger partial charge in [-0.2, -0.15) is 0 Å². The molecule has 3 rings (SSSR count). The number of para-hydroxylation sites is 1. The second-order valence-electron chi connectivity index (χ2n) is 4.20. The predicted molar refractivity (Wildman–Crippen MR) is 82.4 cm³/mol.